The number of carbonyl (C=O) groups is 2. The second-order valence-electron chi connectivity index (χ2n) is 16.7. The highest BCUT2D eigenvalue weighted by atomic mass is 31.2. The summed E-state index contributed by atoms with van der Waals surface area (Å²) >= 11 is 0. The number of hydrogen-bond acceptors (Lipinski definition) is 12. The van der Waals surface area contributed by atoms with Gasteiger partial charge in [0.1, 0.15) is 12.7 Å². The topological polar surface area (TPSA) is 236 Å². The van der Waals surface area contributed by atoms with E-state index in [-0.39, 0.29) is 12.8 Å². The van der Waals surface area contributed by atoms with Crippen molar-refractivity contribution in [3.8, 4) is 0 Å². The van der Waals surface area contributed by atoms with Crippen LogP contribution < -0.4 is 0 Å². The van der Waals surface area contributed by atoms with Gasteiger partial charge in [0.05, 0.1) is 32.0 Å². The van der Waals surface area contributed by atoms with Crippen LogP contribution in [0.5, 0.6) is 0 Å². The van der Waals surface area contributed by atoms with Crippen molar-refractivity contribution < 1.29 is 71.8 Å². The van der Waals surface area contributed by atoms with Crippen molar-refractivity contribution in [1.29, 1.82) is 0 Å². The van der Waals surface area contributed by atoms with Gasteiger partial charge in [0, 0.05) is 12.8 Å². The molecule has 0 heterocycles. The number of ether oxygens (including phenoxy) is 2. The molecule has 15 nitrogen and oxygen atoms in total. The molecule has 0 aliphatic carbocycles. The molecule has 0 aliphatic heterocycles. The predicted octanol–water partition coefficient (Wildman–Crippen LogP) is 10.8. The summed E-state index contributed by atoms with van der Waals surface area (Å²) in [4.78, 5) is 52.8. The normalized spacial score (nSPS) is 16.0. The van der Waals surface area contributed by atoms with E-state index in [0.717, 1.165) is 31.6 Å². The van der Waals surface area contributed by atoms with Crippen LogP contribution in [-0.2, 0) is 41.8 Å². The van der Waals surface area contributed by atoms with Gasteiger partial charge in [-0.05, 0) is 44.4 Å². The molecule has 0 saturated carbocycles. The fraction of sp³-hybridized carbons (Fsp3) is 0.714. The Morgan fingerprint density at radius 3 is 1.61 bits per heavy atom. The smallest absolute Gasteiger partial charge is 0.462 e. The number of aliphatic hydroxyl groups is 3. The first-order valence-electron chi connectivity index (χ1n) is 24.2. The zero-order valence-corrected chi connectivity index (χ0v) is 41.9. The number of hydrogen-bond donors (Lipinski definition) is 6. The number of rotatable bonds is 44. The van der Waals surface area contributed by atoms with Gasteiger partial charge in [-0.3, -0.25) is 23.2 Å². The highest BCUT2D eigenvalue weighted by Gasteiger charge is 2.28. The summed E-state index contributed by atoms with van der Waals surface area (Å²) < 4.78 is 47.8. The molecule has 382 valence electrons. The third-order valence-electron chi connectivity index (χ3n) is 10.3. The summed E-state index contributed by atoms with van der Waals surface area (Å²) in [6, 6.07) is 0. The molecule has 0 saturated heterocycles. The minimum absolute atomic E-state index is 0.0521. The molecule has 6 atom stereocenters. The van der Waals surface area contributed by atoms with Gasteiger partial charge in [0.2, 0.25) is 0 Å². The Morgan fingerprint density at radius 1 is 0.561 bits per heavy atom. The lowest BCUT2D eigenvalue weighted by Gasteiger charge is -2.20. The number of phosphoric ester groups is 2. The summed E-state index contributed by atoms with van der Waals surface area (Å²) in [5.41, 5.74) is 0. The fourth-order valence-electron chi connectivity index (χ4n) is 6.23. The van der Waals surface area contributed by atoms with Gasteiger partial charge >= 0.3 is 27.6 Å². The predicted molar refractivity (Wildman–Crippen MR) is 260 cm³/mol. The van der Waals surface area contributed by atoms with Gasteiger partial charge in [-0.25, -0.2) is 9.13 Å². The van der Waals surface area contributed by atoms with E-state index in [0.29, 0.717) is 32.1 Å². The molecule has 0 bridgehead atoms. The second kappa shape index (κ2) is 42.6. The van der Waals surface area contributed by atoms with Gasteiger partial charge < -0.3 is 39.5 Å². The minimum atomic E-state index is -4.89. The summed E-state index contributed by atoms with van der Waals surface area (Å²) in [5.74, 6) is -0.346. The monoisotopic (exact) mass is 977 g/mol. The Morgan fingerprint density at radius 2 is 1.06 bits per heavy atom. The average molecular weight is 977 g/mol. The lowest BCUT2D eigenvalue weighted by atomic mass is 9.99. The van der Waals surface area contributed by atoms with Crippen LogP contribution in [0.1, 0.15) is 168 Å². The molecule has 6 N–H and O–H groups in total. The van der Waals surface area contributed by atoms with E-state index in [1.807, 2.05) is 37.3 Å². The maximum atomic E-state index is 12.7. The van der Waals surface area contributed by atoms with Crippen LogP contribution in [0.25, 0.3) is 0 Å². The zero-order chi connectivity index (χ0) is 49.2. The van der Waals surface area contributed by atoms with E-state index >= 15 is 0 Å². The van der Waals surface area contributed by atoms with Gasteiger partial charge in [-0.15, -0.1) is 0 Å². The van der Waals surface area contributed by atoms with Crippen LogP contribution in [0, 0.1) is 5.92 Å². The third kappa shape index (κ3) is 45.3. The molecule has 0 aliphatic rings. The Hall–Kier alpha value is -2.52. The Bertz CT molecular complexity index is 1490. The van der Waals surface area contributed by atoms with Gasteiger partial charge in [0.25, 0.3) is 0 Å². The zero-order valence-electron chi connectivity index (χ0n) is 40.2. The molecule has 0 aromatic rings. The molecule has 2 unspecified atom stereocenters. The van der Waals surface area contributed by atoms with Crippen molar-refractivity contribution in [3.05, 3.63) is 72.9 Å². The van der Waals surface area contributed by atoms with E-state index in [1.54, 1.807) is 42.5 Å². The molecule has 0 amide bonds. The molecule has 0 radical (unpaired) electrons. The number of aliphatic hydroxyl groups excluding tert-OH is 3. The molecule has 0 spiro atoms. The number of phosphoric acid groups is 2. The van der Waals surface area contributed by atoms with Crippen molar-refractivity contribution in [2.24, 2.45) is 5.92 Å². The Balaban J connectivity index is 4.68. The first-order valence-corrected chi connectivity index (χ1v) is 27.3. The van der Waals surface area contributed by atoms with Crippen LogP contribution in [0.2, 0.25) is 0 Å². The Labute approximate surface area is 396 Å². The van der Waals surface area contributed by atoms with Crippen molar-refractivity contribution in [1.82, 2.24) is 0 Å². The largest absolute Gasteiger partial charge is 0.472 e. The van der Waals surface area contributed by atoms with Gasteiger partial charge in [-0.2, -0.15) is 0 Å². The van der Waals surface area contributed by atoms with Crippen molar-refractivity contribution in [2.75, 3.05) is 26.4 Å². The summed E-state index contributed by atoms with van der Waals surface area (Å²) in [7, 11) is -9.75. The molecular formula is C49H86O15P2. The molecule has 0 aromatic heterocycles. The standard InChI is InChI=1S/C49H86O15P2/c1-4-6-25-33-44(50)35-28-23-24-29-36-45(51)34-27-20-17-18-22-31-38-49(54)64-47(42-63-66(58,59)62-40-46(52)39-61-65(55,56)57)41-60-48(53)37-30-21-16-14-12-10-8-7-9-11-13-15-19-26-32-43(3)5-2/h6,18,20,22-25,27-29,35-36,43-47,50-52H,4-5,7-17,19,21,26,30-34,37-42H2,1-3H3,(H,58,59)(H2,55,56,57)/b22-18-,24-23-,25-6-,27-20-,35-28+,36-29+/t43?,44-,45+,46-,47+/m0/s1. The van der Waals surface area contributed by atoms with Crippen LogP contribution in [0.4, 0.5) is 0 Å². The van der Waals surface area contributed by atoms with Gasteiger partial charge in [-0.1, -0.05) is 190 Å². The number of esters is 2. The van der Waals surface area contributed by atoms with Crippen molar-refractivity contribution in [2.45, 2.75) is 193 Å². The first-order chi connectivity index (χ1) is 31.6. The van der Waals surface area contributed by atoms with E-state index in [2.05, 4.69) is 22.9 Å². The number of unbranched alkanes of at least 4 members (excludes halogenated alkanes) is 13. The first kappa shape index (κ1) is 63.5. The summed E-state index contributed by atoms with van der Waals surface area (Å²) in [5, 5.41) is 29.8. The molecule has 0 rings (SSSR count). The lowest BCUT2D eigenvalue weighted by Crippen LogP contribution is -2.29. The van der Waals surface area contributed by atoms with Crippen molar-refractivity contribution in [3.63, 3.8) is 0 Å². The summed E-state index contributed by atoms with van der Waals surface area (Å²) in [6.07, 6.45) is 39.6. The van der Waals surface area contributed by atoms with E-state index < -0.39 is 78.4 Å². The fourth-order valence-corrected chi connectivity index (χ4v) is 7.39. The maximum absolute atomic E-state index is 12.7. The van der Waals surface area contributed by atoms with Crippen molar-refractivity contribution >= 4 is 27.6 Å². The SMILES string of the molecule is CC/C=C\C[C@H](O)/C=C/C=C\C=C\[C@H](O)C/C=C\C/C=C\CCC(=O)O[C@H](COC(=O)CCCCCCCCCCCCCCCCC(C)CC)COP(=O)(O)OC[C@@H](O)COP(=O)(O)O. The molecule has 17 heteroatoms. The summed E-state index contributed by atoms with van der Waals surface area (Å²) in [6.45, 7) is 3.74. The van der Waals surface area contributed by atoms with Crippen LogP contribution in [-0.4, -0.2) is 92.8 Å². The minimum Gasteiger partial charge on any atom is -0.462 e. The Kier molecular flexibility index (Phi) is 40.9. The quantitative estimate of drug-likeness (QED) is 0.0109. The highest BCUT2D eigenvalue weighted by molar-refractivity contribution is 7.47. The number of allylic oxidation sites excluding steroid dienone is 8. The molecular weight excluding hydrogens is 890 g/mol. The van der Waals surface area contributed by atoms with E-state index in [1.165, 1.54) is 77.0 Å². The van der Waals surface area contributed by atoms with Crippen LogP contribution in [0.15, 0.2) is 72.9 Å². The third-order valence-corrected chi connectivity index (χ3v) is 11.8. The molecule has 0 aromatic carbocycles. The number of carbonyl (C=O) groups excluding carboxylic acids is 2. The van der Waals surface area contributed by atoms with Crippen LogP contribution >= 0.6 is 15.6 Å². The second-order valence-corrected chi connectivity index (χ2v) is 19.3. The van der Waals surface area contributed by atoms with Crippen LogP contribution in [0.3, 0.4) is 0 Å². The highest BCUT2D eigenvalue weighted by Crippen LogP contribution is 2.43. The van der Waals surface area contributed by atoms with E-state index in [4.69, 9.17) is 23.8 Å². The molecule has 0 fully saturated rings. The lowest BCUT2D eigenvalue weighted by molar-refractivity contribution is -0.161. The van der Waals surface area contributed by atoms with E-state index in [9.17, 15) is 38.9 Å². The molecule has 66 heavy (non-hydrogen) atoms. The van der Waals surface area contributed by atoms with Gasteiger partial charge in [0.15, 0.2) is 6.10 Å². The average Bonchev–Trinajstić information content (AvgIpc) is 3.27. The maximum Gasteiger partial charge on any atom is 0.472 e.